The second-order valence-corrected chi connectivity index (χ2v) is 9.73. The zero-order valence-corrected chi connectivity index (χ0v) is 16.4. The molecule has 0 unspecified atom stereocenters. The molecule has 3 rings (SSSR count). The Morgan fingerprint density at radius 2 is 1.73 bits per heavy atom. The van der Waals surface area contributed by atoms with Gasteiger partial charge >= 0.3 is 0 Å². The van der Waals surface area contributed by atoms with Gasteiger partial charge in [0.15, 0.2) is 0 Å². The summed E-state index contributed by atoms with van der Waals surface area (Å²) >= 11 is 0. The highest BCUT2D eigenvalue weighted by Gasteiger charge is 2.32. The molecule has 0 aliphatic heterocycles. The molecule has 1 amide bonds. The maximum absolute atomic E-state index is 12.5. The number of benzene rings is 1. The zero-order valence-electron chi connectivity index (χ0n) is 15.5. The van der Waals surface area contributed by atoms with Crippen molar-refractivity contribution in [3.63, 3.8) is 0 Å². The lowest BCUT2D eigenvalue weighted by atomic mass is 9.69. The summed E-state index contributed by atoms with van der Waals surface area (Å²) in [6.45, 7) is 0.370. The van der Waals surface area contributed by atoms with Gasteiger partial charge in [-0.2, -0.15) is 0 Å². The lowest BCUT2D eigenvalue weighted by Crippen LogP contribution is -2.41. The van der Waals surface area contributed by atoms with E-state index in [9.17, 15) is 13.2 Å². The number of nitrogens with one attached hydrogen (secondary N) is 2. The van der Waals surface area contributed by atoms with Crippen molar-refractivity contribution in [2.45, 2.75) is 57.4 Å². The van der Waals surface area contributed by atoms with Crippen LogP contribution in [0.1, 0.15) is 60.9 Å². The first-order valence-electron chi connectivity index (χ1n) is 9.75. The third-order valence-corrected chi connectivity index (χ3v) is 6.60. The van der Waals surface area contributed by atoms with Crippen molar-refractivity contribution in [3.8, 4) is 0 Å². The van der Waals surface area contributed by atoms with E-state index < -0.39 is 10.0 Å². The van der Waals surface area contributed by atoms with E-state index in [1.807, 2.05) is 24.3 Å². The van der Waals surface area contributed by atoms with Crippen LogP contribution in [0.3, 0.4) is 0 Å². The average Bonchev–Trinajstić information content (AvgIpc) is 2.61. The predicted octanol–water partition coefficient (Wildman–Crippen LogP) is 2.87. The first-order valence-corrected chi connectivity index (χ1v) is 11.6. The van der Waals surface area contributed by atoms with Gasteiger partial charge in [-0.3, -0.25) is 4.79 Å². The van der Waals surface area contributed by atoms with Gasteiger partial charge in [0.25, 0.3) is 5.91 Å². The Labute approximate surface area is 157 Å². The van der Waals surface area contributed by atoms with Gasteiger partial charge < -0.3 is 5.32 Å². The summed E-state index contributed by atoms with van der Waals surface area (Å²) in [5.41, 5.74) is 1.69. The summed E-state index contributed by atoms with van der Waals surface area (Å²) < 4.78 is 24.6. The van der Waals surface area contributed by atoms with Gasteiger partial charge in [-0.05, 0) is 55.2 Å². The fourth-order valence-electron chi connectivity index (χ4n) is 4.48. The minimum Gasteiger partial charge on any atom is -0.349 e. The van der Waals surface area contributed by atoms with Crippen LogP contribution in [0, 0.1) is 11.8 Å². The molecule has 2 aliphatic carbocycles. The predicted molar refractivity (Wildman–Crippen MR) is 104 cm³/mol. The van der Waals surface area contributed by atoms with Crippen LogP contribution in [-0.2, 0) is 16.4 Å². The Hall–Kier alpha value is -1.40. The van der Waals surface area contributed by atoms with Crippen LogP contribution < -0.4 is 10.0 Å². The molecule has 0 bridgehead atoms. The van der Waals surface area contributed by atoms with Crippen molar-refractivity contribution < 1.29 is 13.2 Å². The van der Waals surface area contributed by atoms with Crippen LogP contribution in [0.4, 0.5) is 0 Å². The number of rotatable bonds is 6. The fraction of sp³-hybridized carbons (Fsp3) is 0.650. The van der Waals surface area contributed by atoms with E-state index in [4.69, 9.17) is 0 Å². The summed E-state index contributed by atoms with van der Waals surface area (Å²) in [5, 5.41) is 3.22. The molecule has 1 aromatic rings. The van der Waals surface area contributed by atoms with Gasteiger partial charge in [0, 0.05) is 18.2 Å². The maximum Gasteiger partial charge on any atom is 0.251 e. The topological polar surface area (TPSA) is 75.3 Å². The first-order chi connectivity index (χ1) is 12.4. The van der Waals surface area contributed by atoms with Gasteiger partial charge in [-0.25, -0.2) is 13.1 Å². The van der Waals surface area contributed by atoms with Gasteiger partial charge in [-0.1, -0.05) is 37.8 Å². The Kier molecular flexibility index (Phi) is 6.35. The molecule has 144 valence electrons. The Bertz CT molecular complexity index is 715. The number of carbonyl (C=O) groups is 1. The van der Waals surface area contributed by atoms with E-state index in [0.717, 1.165) is 36.5 Å². The zero-order chi connectivity index (χ0) is 18.6. The van der Waals surface area contributed by atoms with Crippen molar-refractivity contribution in [1.82, 2.24) is 10.0 Å². The normalized spacial score (nSPS) is 26.1. The van der Waals surface area contributed by atoms with Gasteiger partial charge in [0.2, 0.25) is 10.0 Å². The number of fused-ring (bicyclic) bond motifs is 1. The smallest absolute Gasteiger partial charge is 0.251 e. The SMILES string of the molecule is CS(=O)(=O)NCCc1ccc(C(=O)N[C@@H]2CC[C@@H]3CCCC[C@@H]3C2)cc1. The van der Waals surface area contributed by atoms with Crippen molar-refractivity contribution in [2.75, 3.05) is 12.8 Å². The molecule has 2 aliphatic rings. The number of hydrogen-bond donors (Lipinski definition) is 2. The minimum absolute atomic E-state index is 0.00469. The number of sulfonamides is 1. The van der Waals surface area contributed by atoms with E-state index in [0.29, 0.717) is 24.6 Å². The average molecular weight is 379 g/mol. The van der Waals surface area contributed by atoms with Crippen molar-refractivity contribution in [1.29, 1.82) is 0 Å². The summed E-state index contributed by atoms with van der Waals surface area (Å²) in [7, 11) is -3.16. The number of carbonyl (C=O) groups excluding carboxylic acids is 1. The molecule has 0 aromatic heterocycles. The largest absolute Gasteiger partial charge is 0.349 e. The lowest BCUT2D eigenvalue weighted by molar-refractivity contribution is 0.0879. The maximum atomic E-state index is 12.5. The third kappa shape index (κ3) is 5.55. The fourth-order valence-corrected chi connectivity index (χ4v) is 4.95. The molecule has 0 radical (unpaired) electrons. The molecule has 0 heterocycles. The lowest BCUT2D eigenvalue weighted by Gasteiger charge is -2.39. The van der Waals surface area contributed by atoms with Gasteiger partial charge in [0.05, 0.1) is 6.26 Å². The molecule has 2 fully saturated rings. The Balaban J connectivity index is 1.48. The minimum atomic E-state index is -3.16. The molecule has 3 atom stereocenters. The summed E-state index contributed by atoms with van der Waals surface area (Å²) in [6, 6.07) is 7.77. The molecule has 0 saturated heterocycles. The molecular weight excluding hydrogens is 348 g/mol. The number of amides is 1. The second-order valence-electron chi connectivity index (χ2n) is 7.90. The molecule has 0 spiro atoms. The highest BCUT2D eigenvalue weighted by Crippen LogP contribution is 2.40. The van der Waals surface area contributed by atoms with E-state index in [-0.39, 0.29) is 5.91 Å². The van der Waals surface area contributed by atoms with Crippen LogP contribution in [0.2, 0.25) is 0 Å². The summed E-state index contributed by atoms with van der Waals surface area (Å²) in [4.78, 5) is 12.5. The Morgan fingerprint density at radius 3 is 2.42 bits per heavy atom. The highest BCUT2D eigenvalue weighted by molar-refractivity contribution is 7.88. The summed E-state index contributed by atoms with van der Waals surface area (Å²) in [5.74, 6) is 1.69. The van der Waals surface area contributed by atoms with Crippen LogP contribution in [0.25, 0.3) is 0 Å². The highest BCUT2D eigenvalue weighted by atomic mass is 32.2. The summed E-state index contributed by atoms with van der Waals surface area (Å²) in [6.07, 6.45) is 10.7. The molecule has 2 N–H and O–H groups in total. The van der Waals surface area contributed by atoms with E-state index >= 15 is 0 Å². The monoisotopic (exact) mass is 378 g/mol. The standard InChI is InChI=1S/C20H30N2O3S/c1-26(24,25)21-13-12-15-6-8-17(9-7-15)20(23)22-19-11-10-16-4-2-3-5-18(16)14-19/h6-9,16,18-19,21H,2-5,10-14H2,1H3,(H,22,23)/t16-,18+,19+/m0/s1. The number of hydrogen-bond acceptors (Lipinski definition) is 3. The molecule has 5 nitrogen and oxygen atoms in total. The van der Waals surface area contributed by atoms with Crippen LogP contribution >= 0.6 is 0 Å². The van der Waals surface area contributed by atoms with Crippen molar-refractivity contribution in [2.24, 2.45) is 11.8 Å². The van der Waals surface area contributed by atoms with Crippen LogP contribution in [-0.4, -0.2) is 33.2 Å². The molecule has 6 heteroatoms. The molecule has 26 heavy (non-hydrogen) atoms. The van der Waals surface area contributed by atoms with Crippen LogP contribution in [0.5, 0.6) is 0 Å². The van der Waals surface area contributed by atoms with E-state index in [2.05, 4.69) is 10.0 Å². The third-order valence-electron chi connectivity index (χ3n) is 5.87. The van der Waals surface area contributed by atoms with Crippen LogP contribution in [0.15, 0.2) is 24.3 Å². The second kappa shape index (κ2) is 8.53. The molecule has 1 aromatic carbocycles. The van der Waals surface area contributed by atoms with Crippen molar-refractivity contribution >= 4 is 15.9 Å². The van der Waals surface area contributed by atoms with Gasteiger partial charge in [-0.15, -0.1) is 0 Å². The quantitative estimate of drug-likeness (QED) is 0.799. The Morgan fingerprint density at radius 1 is 1.04 bits per heavy atom. The van der Waals surface area contributed by atoms with E-state index in [1.54, 1.807) is 0 Å². The molecular formula is C20H30N2O3S. The van der Waals surface area contributed by atoms with Gasteiger partial charge in [0.1, 0.15) is 0 Å². The molecule has 2 saturated carbocycles. The first kappa shape index (κ1) is 19.4. The van der Waals surface area contributed by atoms with E-state index in [1.165, 1.54) is 32.1 Å². The van der Waals surface area contributed by atoms with Crippen molar-refractivity contribution in [3.05, 3.63) is 35.4 Å².